The molecule has 0 nitrogen and oxygen atoms in total. The standard InChI is InChI=1S/C49H91S3/c1-5-8-11-14-17-20-23-26-29-32-35-38-41-50-47-44-46(4)45-48(51-42-39-36-33-30-27-24-21-18-15-12-9-6-2)49(47)52-43-40-37-34-31-28-25-22-19-16-13-10-7-3/h44-45H,4-43H2,1-3H3. The second-order valence-corrected chi connectivity index (χ2v) is 19.5. The molecule has 0 spiro atoms. The Bertz CT molecular complexity index is 800. The molecule has 0 heterocycles. The molecule has 52 heavy (non-hydrogen) atoms. The molecule has 0 saturated carbocycles. The van der Waals surface area contributed by atoms with E-state index in [9.17, 15) is 0 Å². The first kappa shape index (κ1) is 50.3. The Labute approximate surface area is 341 Å². The molecule has 0 fully saturated rings. The smallest absolute Gasteiger partial charge is 0.0344 e. The van der Waals surface area contributed by atoms with Gasteiger partial charge in [-0.15, -0.1) is 35.3 Å². The highest BCUT2D eigenvalue weighted by molar-refractivity contribution is 8.03. The van der Waals surface area contributed by atoms with Gasteiger partial charge in [0.2, 0.25) is 0 Å². The van der Waals surface area contributed by atoms with E-state index in [1.165, 1.54) is 264 Å². The van der Waals surface area contributed by atoms with Gasteiger partial charge in [0, 0.05) is 14.7 Å². The zero-order valence-electron chi connectivity index (χ0n) is 35.7. The van der Waals surface area contributed by atoms with Crippen molar-refractivity contribution >= 4 is 35.3 Å². The topological polar surface area (TPSA) is 0 Å². The summed E-state index contributed by atoms with van der Waals surface area (Å²) in [4.78, 5) is 4.64. The molecule has 0 aliphatic carbocycles. The van der Waals surface area contributed by atoms with Gasteiger partial charge in [-0.3, -0.25) is 0 Å². The minimum atomic E-state index is 1.21. The van der Waals surface area contributed by atoms with Crippen molar-refractivity contribution in [3.05, 3.63) is 24.6 Å². The molecular formula is C49H91S3. The Kier molecular flexibility index (Phi) is 39.6. The van der Waals surface area contributed by atoms with Gasteiger partial charge in [0.1, 0.15) is 0 Å². The molecule has 0 amide bonds. The van der Waals surface area contributed by atoms with Crippen LogP contribution in [0.2, 0.25) is 0 Å². The van der Waals surface area contributed by atoms with Gasteiger partial charge in [-0.25, -0.2) is 0 Å². The largest absolute Gasteiger partial charge is 0.125 e. The summed E-state index contributed by atoms with van der Waals surface area (Å²) < 4.78 is 0. The van der Waals surface area contributed by atoms with Crippen molar-refractivity contribution in [3.8, 4) is 0 Å². The van der Waals surface area contributed by atoms with Crippen molar-refractivity contribution in [2.75, 3.05) is 17.3 Å². The summed E-state index contributed by atoms with van der Waals surface area (Å²) in [6.45, 7) is 11.4. The first-order valence-corrected chi connectivity index (χ1v) is 26.6. The summed E-state index contributed by atoms with van der Waals surface area (Å²) >= 11 is 6.43. The molecular weight excluding hydrogens is 685 g/mol. The molecule has 1 rings (SSSR count). The van der Waals surface area contributed by atoms with Crippen molar-refractivity contribution < 1.29 is 0 Å². The summed E-state index contributed by atoms with van der Waals surface area (Å²) in [5.41, 5.74) is 1.21. The summed E-state index contributed by atoms with van der Waals surface area (Å²) in [6.07, 6.45) is 51.4. The fraction of sp³-hybridized carbons (Fsp3) is 0.857. The Morgan fingerprint density at radius 3 is 0.769 bits per heavy atom. The summed E-state index contributed by atoms with van der Waals surface area (Å²) in [6, 6.07) is 4.81. The molecule has 1 aromatic rings. The van der Waals surface area contributed by atoms with Crippen LogP contribution in [-0.2, 0) is 0 Å². The number of thioether (sulfide) groups is 3. The molecule has 0 N–H and O–H groups in total. The lowest BCUT2D eigenvalue weighted by molar-refractivity contribution is 0.548. The van der Waals surface area contributed by atoms with Crippen LogP contribution in [0.5, 0.6) is 0 Å². The SMILES string of the molecule is [CH2]c1cc(SCCCCCCCCCCCCCC)c(SCCCCCCCCCCCCCC)c(SCCCCCCCCCCCCCC)c1. The molecule has 1 aromatic carbocycles. The highest BCUT2D eigenvalue weighted by Gasteiger charge is 2.12. The lowest BCUT2D eigenvalue weighted by Crippen LogP contribution is -1.92. The average molecular weight is 776 g/mol. The number of hydrogen-bond donors (Lipinski definition) is 0. The van der Waals surface area contributed by atoms with Crippen molar-refractivity contribution in [1.29, 1.82) is 0 Å². The molecule has 1 radical (unpaired) electrons. The van der Waals surface area contributed by atoms with E-state index in [-0.39, 0.29) is 0 Å². The van der Waals surface area contributed by atoms with Gasteiger partial charge in [-0.05, 0) is 61.1 Å². The highest BCUT2D eigenvalue weighted by Crippen LogP contribution is 2.41. The Morgan fingerprint density at radius 1 is 0.308 bits per heavy atom. The molecule has 0 bridgehead atoms. The number of rotatable bonds is 42. The average Bonchev–Trinajstić information content (AvgIpc) is 3.14. The summed E-state index contributed by atoms with van der Waals surface area (Å²) in [5, 5.41) is 0. The summed E-state index contributed by atoms with van der Waals surface area (Å²) in [5.74, 6) is 3.79. The zero-order chi connectivity index (χ0) is 37.4. The third kappa shape index (κ3) is 32.5. The summed E-state index contributed by atoms with van der Waals surface area (Å²) in [7, 11) is 0. The maximum absolute atomic E-state index is 4.44. The van der Waals surface area contributed by atoms with Crippen LogP contribution in [0.1, 0.15) is 257 Å². The van der Waals surface area contributed by atoms with Crippen LogP contribution in [-0.4, -0.2) is 17.3 Å². The second-order valence-electron chi connectivity index (χ2n) is 16.1. The molecule has 3 heteroatoms. The second kappa shape index (κ2) is 40.9. The monoisotopic (exact) mass is 776 g/mol. The van der Waals surface area contributed by atoms with Crippen LogP contribution in [0.3, 0.4) is 0 Å². The number of unbranched alkanes of at least 4 members (excludes halogenated alkanes) is 33. The Morgan fingerprint density at radius 2 is 0.519 bits per heavy atom. The van der Waals surface area contributed by atoms with Gasteiger partial charge in [-0.2, -0.15) is 0 Å². The first-order chi connectivity index (χ1) is 25.7. The fourth-order valence-electron chi connectivity index (χ4n) is 7.36. The number of hydrogen-bond acceptors (Lipinski definition) is 3. The van der Waals surface area contributed by atoms with Crippen molar-refractivity contribution in [1.82, 2.24) is 0 Å². The third-order valence-electron chi connectivity index (χ3n) is 10.8. The Hall–Kier alpha value is 0.270. The molecule has 0 unspecified atom stereocenters. The van der Waals surface area contributed by atoms with Gasteiger partial charge < -0.3 is 0 Å². The lowest BCUT2D eigenvalue weighted by atomic mass is 10.1. The van der Waals surface area contributed by atoms with Crippen LogP contribution < -0.4 is 0 Å². The molecule has 0 aromatic heterocycles. The highest BCUT2D eigenvalue weighted by atomic mass is 32.2. The minimum Gasteiger partial charge on any atom is -0.125 e. The van der Waals surface area contributed by atoms with E-state index >= 15 is 0 Å². The molecule has 0 aliphatic rings. The van der Waals surface area contributed by atoms with Crippen molar-refractivity contribution in [3.63, 3.8) is 0 Å². The van der Waals surface area contributed by atoms with E-state index in [0.29, 0.717) is 0 Å². The first-order valence-electron chi connectivity index (χ1n) is 23.6. The predicted octanol–water partition coefficient (Wildman–Crippen LogP) is 19.2. The normalized spacial score (nSPS) is 11.6. The maximum atomic E-state index is 4.44. The van der Waals surface area contributed by atoms with Gasteiger partial charge in [0.05, 0.1) is 0 Å². The van der Waals surface area contributed by atoms with Crippen LogP contribution in [0, 0.1) is 6.92 Å². The van der Waals surface area contributed by atoms with Crippen LogP contribution in [0.15, 0.2) is 26.8 Å². The quantitative estimate of drug-likeness (QED) is 0.0479. The maximum Gasteiger partial charge on any atom is 0.0344 e. The van der Waals surface area contributed by atoms with E-state index in [4.69, 9.17) is 0 Å². The lowest BCUT2D eigenvalue weighted by Gasteiger charge is -2.16. The van der Waals surface area contributed by atoms with E-state index in [2.05, 4.69) is 75.1 Å². The van der Waals surface area contributed by atoms with E-state index in [1.807, 2.05) is 0 Å². The van der Waals surface area contributed by atoms with Crippen molar-refractivity contribution in [2.24, 2.45) is 0 Å². The van der Waals surface area contributed by atoms with Gasteiger partial charge in [-0.1, -0.05) is 233 Å². The van der Waals surface area contributed by atoms with Gasteiger partial charge in [0.25, 0.3) is 0 Å². The van der Waals surface area contributed by atoms with Crippen molar-refractivity contribution in [2.45, 2.75) is 267 Å². The molecule has 0 aliphatic heterocycles. The van der Waals surface area contributed by atoms with Crippen LogP contribution >= 0.6 is 35.3 Å². The van der Waals surface area contributed by atoms with E-state index in [1.54, 1.807) is 4.90 Å². The van der Waals surface area contributed by atoms with Crippen LogP contribution in [0.4, 0.5) is 0 Å². The molecule has 305 valence electrons. The predicted molar refractivity (Wildman–Crippen MR) is 246 cm³/mol. The minimum absolute atomic E-state index is 1.21. The zero-order valence-corrected chi connectivity index (χ0v) is 38.1. The molecule has 0 atom stereocenters. The fourth-order valence-corrected chi connectivity index (χ4v) is 11.2. The molecule has 0 saturated heterocycles. The third-order valence-corrected chi connectivity index (χ3v) is 14.6. The number of benzene rings is 1. The Balaban J connectivity index is 2.42. The van der Waals surface area contributed by atoms with E-state index in [0.717, 1.165) is 0 Å². The van der Waals surface area contributed by atoms with Gasteiger partial charge in [0.15, 0.2) is 0 Å². The van der Waals surface area contributed by atoms with Crippen LogP contribution in [0.25, 0.3) is 0 Å². The van der Waals surface area contributed by atoms with E-state index < -0.39 is 0 Å². The van der Waals surface area contributed by atoms with Gasteiger partial charge >= 0.3 is 0 Å².